The van der Waals surface area contributed by atoms with E-state index in [0.717, 1.165) is 51.4 Å². The van der Waals surface area contributed by atoms with E-state index in [-0.39, 0.29) is 114 Å². The van der Waals surface area contributed by atoms with Gasteiger partial charge in [0.2, 0.25) is 23.6 Å². The molecule has 7 N–H and O–H groups in total. The monoisotopic (exact) mass is 689 g/mol. The van der Waals surface area contributed by atoms with Gasteiger partial charge in [0.05, 0.1) is 51.7 Å². The highest BCUT2D eigenvalue weighted by Gasteiger charge is 2.26. The maximum atomic E-state index is 12.4. The fourth-order valence-corrected chi connectivity index (χ4v) is 4.99. The van der Waals surface area contributed by atoms with E-state index in [4.69, 9.17) is 18.9 Å². The van der Waals surface area contributed by atoms with E-state index in [0.29, 0.717) is 13.1 Å². The van der Waals surface area contributed by atoms with Crippen molar-refractivity contribution in [1.82, 2.24) is 26.6 Å². The van der Waals surface area contributed by atoms with Crippen LogP contribution in [0.15, 0.2) is 0 Å². The molecule has 278 valence electrons. The number of ether oxygens (including phenoxy) is 4. The second-order valence-electron chi connectivity index (χ2n) is 11.7. The summed E-state index contributed by atoms with van der Waals surface area (Å²) in [7, 11) is 1.76. The Labute approximate surface area is 284 Å². The van der Waals surface area contributed by atoms with Crippen molar-refractivity contribution in [2.45, 2.75) is 89.5 Å². The Morgan fingerprint density at radius 1 is 0.688 bits per heavy atom. The van der Waals surface area contributed by atoms with Gasteiger partial charge in [-0.2, -0.15) is 0 Å². The van der Waals surface area contributed by atoms with Crippen molar-refractivity contribution in [2.24, 2.45) is 5.92 Å². The van der Waals surface area contributed by atoms with E-state index in [1.807, 2.05) is 0 Å². The van der Waals surface area contributed by atoms with Crippen LogP contribution in [0.25, 0.3) is 0 Å². The number of rotatable bonds is 29. The van der Waals surface area contributed by atoms with Gasteiger partial charge in [0.15, 0.2) is 6.29 Å². The van der Waals surface area contributed by atoms with Crippen molar-refractivity contribution in [3.8, 4) is 0 Å². The lowest BCUT2D eigenvalue weighted by molar-refractivity contribution is -0.133. The molecule has 4 amide bonds. The Hall–Kier alpha value is -2.73. The fourth-order valence-electron chi connectivity index (χ4n) is 4.99. The molecule has 0 aromatic carbocycles. The third-order valence-corrected chi connectivity index (χ3v) is 7.77. The highest BCUT2D eigenvalue weighted by molar-refractivity contribution is 5.81. The number of aliphatic hydroxyl groups is 2. The molecule has 0 aromatic rings. The number of unbranched alkanes of at least 4 members (excludes halogenated alkanes) is 1. The molecule has 1 fully saturated rings. The van der Waals surface area contributed by atoms with Crippen LogP contribution in [-0.4, -0.2) is 138 Å². The molecule has 48 heavy (non-hydrogen) atoms. The van der Waals surface area contributed by atoms with Gasteiger partial charge in [-0.15, -0.1) is 0 Å². The van der Waals surface area contributed by atoms with Crippen LogP contribution in [0.1, 0.15) is 71.1 Å². The van der Waals surface area contributed by atoms with Crippen molar-refractivity contribution in [2.75, 3.05) is 79.5 Å². The quantitative estimate of drug-likeness (QED) is 0.0368. The predicted molar refractivity (Wildman–Crippen MR) is 176 cm³/mol. The molecule has 2 atom stereocenters. The first-order chi connectivity index (χ1) is 23.1. The van der Waals surface area contributed by atoms with Crippen LogP contribution in [0, 0.1) is 5.92 Å². The SMILES string of the molecule is CN[C@@H](CCCCNC(=O)COCCOCCNC(=O)COCCOCCNC(=O)CC[C@H](NC(=O)C1CCCCC1)C(O)O)C(C)=O. The molecular weight excluding hydrogens is 630 g/mol. The minimum Gasteiger partial charge on any atom is -0.377 e. The van der Waals surface area contributed by atoms with Crippen LogP contribution in [0.5, 0.6) is 0 Å². The number of hydrogen-bond acceptors (Lipinski definition) is 12. The molecular formula is C32H59N5O11. The normalized spacial score (nSPS) is 14.7. The zero-order valence-electron chi connectivity index (χ0n) is 28.7. The highest BCUT2D eigenvalue weighted by Crippen LogP contribution is 2.24. The molecule has 0 aromatic heterocycles. The van der Waals surface area contributed by atoms with Crippen molar-refractivity contribution >= 4 is 29.4 Å². The zero-order valence-corrected chi connectivity index (χ0v) is 28.7. The van der Waals surface area contributed by atoms with Crippen LogP contribution >= 0.6 is 0 Å². The number of Topliss-reactive ketones (excluding diaryl/α,β-unsaturated/α-hetero) is 1. The van der Waals surface area contributed by atoms with E-state index < -0.39 is 12.3 Å². The molecule has 1 saturated carbocycles. The molecule has 1 aliphatic carbocycles. The van der Waals surface area contributed by atoms with Crippen LogP contribution in [-0.2, 0) is 42.9 Å². The third kappa shape index (κ3) is 22.8. The summed E-state index contributed by atoms with van der Waals surface area (Å²) in [6.45, 7) is 3.87. The van der Waals surface area contributed by atoms with Gasteiger partial charge in [-0.25, -0.2) is 0 Å². The average Bonchev–Trinajstić information content (AvgIpc) is 3.06. The lowest BCUT2D eigenvalue weighted by Crippen LogP contribution is -2.46. The van der Waals surface area contributed by atoms with Crippen LogP contribution in [0.3, 0.4) is 0 Å². The minimum atomic E-state index is -1.75. The zero-order chi connectivity index (χ0) is 35.4. The van der Waals surface area contributed by atoms with E-state index in [2.05, 4.69) is 26.6 Å². The first-order valence-corrected chi connectivity index (χ1v) is 17.1. The van der Waals surface area contributed by atoms with Crippen LogP contribution < -0.4 is 26.6 Å². The van der Waals surface area contributed by atoms with E-state index >= 15 is 0 Å². The topological polar surface area (TPSA) is 223 Å². The van der Waals surface area contributed by atoms with Crippen molar-refractivity contribution in [1.29, 1.82) is 0 Å². The van der Waals surface area contributed by atoms with Crippen molar-refractivity contribution < 1.29 is 53.1 Å². The summed E-state index contributed by atoms with van der Waals surface area (Å²) >= 11 is 0. The molecule has 0 bridgehead atoms. The van der Waals surface area contributed by atoms with E-state index in [1.54, 1.807) is 14.0 Å². The summed E-state index contributed by atoms with van der Waals surface area (Å²) in [6.07, 6.45) is 5.39. The Bertz CT molecular complexity index is 919. The molecule has 16 heteroatoms. The molecule has 16 nitrogen and oxygen atoms in total. The second kappa shape index (κ2) is 28.1. The third-order valence-electron chi connectivity index (χ3n) is 7.77. The molecule has 0 aliphatic heterocycles. The second-order valence-corrected chi connectivity index (χ2v) is 11.7. The van der Waals surface area contributed by atoms with Gasteiger partial charge in [0, 0.05) is 32.0 Å². The summed E-state index contributed by atoms with van der Waals surface area (Å²) in [4.78, 5) is 59.5. The van der Waals surface area contributed by atoms with Crippen LogP contribution in [0.2, 0.25) is 0 Å². The summed E-state index contributed by atoms with van der Waals surface area (Å²) < 4.78 is 21.3. The summed E-state index contributed by atoms with van der Waals surface area (Å²) in [5, 5.41) is 33.0. The average molecular weight is 690 g/mol. The standard InChI is InChI=1S/C32H59N5O11/c1-24(38)26(33-2)10-6-7-13-34-29(40)22-47-20-19-46-17-15-36-30(41)23-48-21-18-45-16-14-35-28(39)12-11-27(32(43)44)37-31(42)25-8-4-3-5-9-25/h25-27,32-33,43-44H,3-23H2,1-2H3,(H,34,40)(H,35,39)(H,36,41)(H,37,42)/t26-,27-/m0/s1. The fraction of sp³-hybridized carbons (Fsp3) is 0.844. The Kier molecular flexibility index (Phi) is 25.4. The van der Waals surface area contributed by atoms with Gasteiger partial charge < -0.3 is 55.7 Å². The van der Waals surface area contributed by atoms with Crippen molar-refractivity contribution in [3.05, 3.63) is 0 Å². The number of hydrogen-bond donors (Lipinski definition) is 7. The predicted octanol–water partition coefficient (Wildman–Crippen LogP) is -1.10. The molecule has 0 saturated heterocycles. The van der Waals surface area contributed by atoms with Gasteiger partial charge in [-0.05, 0) is 52.5 Å². The largest absolute Gasteiger partial charge is 0.377 e. The number of aliphatic hydroxyl groups excluding tert-OH is 1. The van der Waals surface area contributed by atoms with E-state index in [9.17, 15) is 34.2 Å². The number of carbonyl (C=O) groups is 5. The van der Waals surface area contributed by atoms with E-state index in [1.165, 1.54) is 0 Å². The Morgan fingerprint density at radius 2 is 1.23 bits per heavy atom. The Morgan fingerprint density at radius 3 is 1.77 bits per heavy atom. The summed E-state index contributed by atoms with van der Waals surface area (Å²) in [6, 6.07) is -1.05. The maximum absolute atomic E-state index is 12.4. The van der Waals surface area contributed by atoms with Crippen LogP contribution in [0.4, 0.5) is 0 Å². The van der Waals surface area contributed by atoms with Gasteiger partial charge in [0.1, 0.15) is 19.0 Å². The number of carbonyl (C=O) groups excluding carboxylic acids is 5. The molecule has 0 heterocycles. The number of ketones is 1. The number of nitrogens with one attached hydrogen (secondary N) is 5. The van der Waals surface area contributed by atoms with Crippen molar-refractivity contribution in [3.63, 3.8) is 0 Å². The molecule has 1 aliphatic rings. The lowest BCUT2D eigenvalue weighted by Gasteiger charge is -2.25. The lowest BCUT2D eigenvalue weighted by atomic mass is 9.88. The first-order valence-electron chi connectivity index (χ1n) is 17.1. The van der Waals surface area contributed by atoms with Gasteiger partial charge in [-0.1, -0.05) is 19.3 Å². The smallest absolute Gasteiger partial charge is 0.246 e. The molecule has 0 unspecified atom stereocenters. The first kappa shape index (κ1) is 43.3. The van der Waals surface area contributed by atoms with Gasteiger partial charge in [-0.3, -0.25) is 24.0 Å². The molecule has 1 rings (SSSR count). The summed E-state index contributed by atoms with van der Waals surface area (Å²) in [5.74, 6) is -1.01. The molecule has 0 spiro atoms. The van der Waals surface area contributed by atoms with Gasteiger partial charge >= 0.3 is 0 Å². The number of likely N-dealkylation sites (N-methyl/N-ethyl adjacent to an activating group) is 1. The minimum absolute atomic E-state index is 0.0211. The number of amides is 4. The summed E-state index contributed by atoms with van der Waals surface area (Å²) in [5.41, 5.74) is 0. The maximum Gasteiger partial charge on any atom is 0.246 e. The highest BCUT2D eigenvalue weighted by atomic mass is 16.5. The van der Waals surface area contributed by atoms with Gasteiger partial charge in [0.25, 0.3) is 0 Å². The molecule has 0 radical (unpaired) electrons. The Balaban J connectivity index is 1.91.